The van der Waals surface area contributed by atoms with Crippen LogP contribution in [-0.4, -0.2) is 17.7 Å². The molecule has 2 atom stereocenters. The van der Waals surface area contributed by atoms with E-state index in [-0.39, 0.29) is 11.3 Å². The van der Waals surface area contributed by atoms with Crippen molar-refractivity contribution in [3.05, 3.63) is 23.9 Å². The minimum absolute atomic E-state index is 0.171. The van der Waals surface area contributed by atoms with Crippen LogP contribution < -0.4 is 0 Å². The Balaban J connectivity index is 3.37. The van der Waals surface area contributed by atoms with Gasteiger partial charge in [0.1, 0.15) is 5.54 Å². The smallest absolute Gasteiger partial charge is 0.211 e. The van der Waals surface area contributed by atoms with Gasteiger partial charge in [0.15, 0.2) is 0 Å². The summed E-state index contributed by atoms with van der Waals surface area (Å²) in [5.74, 6) is -0.171. The van der Waals surface area contributed by atoms with Gasteiger partial charge in [0.2, 0.25) is 12.2 Å². The van der Waals surface area contributed by atoms with Crippen molar-refractivity contribution in [1.29, 1.82) is 0 Å². The number of nitrogens with zero attached hydrogens (tertiary/aromatic N) is 2. The molecule has 90 valence electrons. The zero-order valence-corrected chi connectivity index (χ0v) is 10.5. The molecular weight excluding hydrogens is 216 g/mol. The van der Waals surface area contributed by atoms with E-state index in [0.717, 1.165) is 0 Å². The minimum atomic E-state index is -0.723. The highest BCUT2D eigenvalue weighted by molar-refractivity contribution is 5.45. The molecule has 0 fully saturated rings. The van der Waals surface area contributed by atoms with Crippen molar-refractivity contribution in [3.8, 4) is 0 Å². The first kappa shape index (κ1) is 13.3. The number of aliphatic imine (C=N–C) groups is 2. The molecule has 4 heteroatoms. The molecule has 0 aliphatic heterocycles. The van der Waals surface area contributed by atoms with E-state index in [4.69, 9.17) is 0 Å². The second-order valence-electron chi connectivity index (χ2n) is 5.15. The molecule has 1 aliphatic rings. The molecule has 0 saturated carbocycles. The van der Waals surface area contributed by atoms with Crippen LogP contribution in [0.1, 0.15) is 27.7 Å². The molecule has 1 aliphatic carbocycles. The van der Waals surface area contributed by atoms with Crippen LogP contribution in [0.25, 0.3) is 0 Å². The van der Waals surface area contributed by atoms with E-state index in [0.29, 0.717) is 5.70 Å². The molecule has 1 rings (SSSR count). The van der Waals surface area contributed by atoms with Gasteiger partial charge in [-0.15, -0.1) is 0 Å². The highest BCUT2D eigenvalue weighted by atomic mass is 16.1. The lowest BCUT2D eigenvalue weighted by Crippen LogP contribution is -2.46. The summed E-state index contributed by atoms with van der Waals surface area (Å²) >= 11 is 0. The standard InChI is InChI=1S/C13H16N2O2/c1-10-11(14-8-16)6-5-7-13(10,15-9-17)12(2,3)4/h5-7,10H,1-4H3. The molecule has 0 saturated heterocycles. The van der Waals surface area contributed by atoms with Crippen molar-refractivity contribution in [2.45, 2.75) is 33.2 Å². The van der Waals surface area contributed by atoms with Crippen molar-refractivity contribution in [3.63, 3.8) is 0 Å². The fourth-order valence-electron chi connectivity index (χ4n) is 2.27. The lowest BCUT2D eigenvalue weighted by Gasteiger charge is -2.43. The van der Waals surface area contributed by atoms with Crippen LogP contribution in [0, 0.1) is 11.3 Å². The highest BCUT2D eigenvalue weighted by Crippen LogP contribution is 2.45. The van der Waals surface area contributed by atoms with Gasteiger partial charge < -0.3 is 0 Å². The van der Waals surface area contributed by atoms with E-state index in [1.807, 2.05) is 33.8 Å². The fraction of sp³-hybridized carbons (Fsp3) is 0.538. The molecular formula is C13H16N2O2. The topological polar surface area (TPSA) is 58.9 Å². The van der Waals surface area contributed by atoms with E-state index in [2.05, 4.69) is 9.98 Å². The Labute approximate surface area is 101 Å². The first-order chi connectivity index (χ1) is 7.89. The molecule has 0 aromatic carbocycles. The average molecular weight is 232 g/mol. The number of isocyanates is 2. The van der Waals surface area contributed by atoms with E-state index < -0.39 is 5.54 Å². The third-order valence-corrected chi connectivity index (χ3v) is 3.33. The molecule has 2 unspecified atom stereocenters. The van der Waals surface area contributed by atoms with E-state index in [9.17, 15) is 9.59 Å². The van der Waals surface area contributed by atoms with Crippen molar-refractivity contribution in [2.75, 3.05) is 0 Å². The number of allylic oxidation sites excluding steroid dienone is 2. The van der Waals surface area contributed by atoms with Gasteiger partial charge in [0, 0.05) is 5.92 Å². The van der Waals surface area contributed by atoms with Crippen LogP contribution >= 0.6 is 0 Å². The predicted molar refractivity (Wildman–Crippen MR) is 64.8 cm³/mol. The van der Waals surface area contributed by atoms with Gasteiger partial charge in [-0.3, -0.25) is 0 Å². The van der Waals surface area contributed by atoms with Crippen LogP contribution in [0.4, 0.5) is 0 Å². The maximum Gasteiger partial charge on any atom is 0.240 e. The molecule has 4 nitrogen and oxygen atoms in total. The van der Waals surface area contributed by atoms with Gasteiger partial charge >= 0.3 is 0 Å². The zero-order chi connectivity index (χ0) is 13.1. The van der Waals surface area contributed by atoms with E-state index >= 15 is 0 Å². The fourth-order valence-corrected chi connectivity index (χ4v) is 2.27. The summed E-state index contributed by atoms with van der Waals surface area (Å²) in [6.07, 6.45) is 8.54. The molecule has 0 aromatic rings. The molecule has 0 N–H and O–H groups in total. The molecule has 0 aromatic heterocycles. The van der Waals surface area contributed by atoms with Crippen LogP contribution in [0.15, 0.2) is 33.9 Å². The van der Waals surface area contributed by atoms with Crippen LogP contribution in [-0.2, 0) is 9.59 Å². The highest BCUT2D eigenvalue weighted by Gasteiger charge is 2.47. The molecule has 0 bridgehead atoms. The SMILES string of the molecule is CC1C(N=C=O)=CC=CC1(N=C=O)C(C)(C)C. The summed E-state index contributed by atoms with van der Waals surface area (Å²) in [5, 5.41) is 0. The van der Waals surface area contributed by atoms with Crippen molar-refractivity contribution < 1.29 is 9.59 Å². The molecule has 0 heterocycles. The second kappa shape index (κ2) is 4.62. The first-order valence-electron chi connectivity index (χ1n) is 5.45. The van der Waals surface area contributed by atoms with Gasteiger partial charge in [-0.2, -0.15) is 9.98 Å². The molecule has 0 radical (unpaired) electrons. The minimum Gasteiger partial charge on any atom is -0.211 e. The zero-order valence-electron chi connectivity index (χ0n) is 10.5. The van der Waals surface area contributed by atoms with Crippen molar-refractivity contribution in [2.24, 2.45) is 21.3 Å². The third-order valence-electron chi connectivity index (χ3n) is 3.33. The molecule has 0 spiro atoms. The third kappa shape index (κ3) is 2.19. The van der Waals surface area contributed by atoms with E-state index in [1.165, 1.54) is 6.08 Å². The normalized spacial score (nSPS) is 27.8. The van der Waals surface area contributed by atoms with Crippen LogP contribution in [0.2, 0.25) is 0 Å². The average Bonchev–Trinajstić information content (AvgIpc) is 2.23. The summed E-state index contributed by atoms with van der Waals surface area (Å²) in [4.78, 5) is 28.7. The van der Waals surface area contributed by atoms with Crippen LogP contribution in [0.5, 0.6) is 0 Å². The monoisotopic (exact) mass is 232 g/mol. The Kier molecular flexibility index (Phi) is 3.62. The Morgan fingerprint density at radius 1 is 1.29 bits per heavy atom. The summed E-state index contributed by atoms with van der Waals surface area (Å²) in [6.45, 7) is 7.86. The number of hydrogen-bond acceptors (Lipinski definition) is 4. The van der Waals surface area contributed by atoms with Gasteiger partial charge in [0.25, 0.3) is 0 Å². The maximum absolute atomic E-state index is 10.7. The predicted octanol–water partition coefficient (Wildman–Crippen LogP) is 2.53. The van der Waals surface area contributed by atoms with Gasteiger partial charge in [-0.25, -0.2) is 9.59 Å². The van der Waals surface area contributed by atoms with E-state index in [1.54, 1.807) is 18.2 Å². The van der Waals surface area contributed by atoms with Crippen LogP contribution in [0.3, 0.4) is 0 Å². The number of rotatable bonds is 2. The number of hydrogen-bond donors (Lipinski definition) is 0. The Hall–Kier alpha value is -1.76. The maximum atomic E-state index is 10.7. The number of carbonyl (C=O) groups excluding carboxylic acids is 2. The first-order valence-corrected chi connectivity index (χ1v) is 5.45. The largest absolute Gasteiger partial charge is 0.240 e. The Morgan fingerprint density at radius 2 is 1.94 bits per heavy atom. The summed E-state index contributed by atoms with van der Waals surface area (Å²) < 4.78 is 0. The second-order valence-corrected chi connectivity index (χ2v) is 5.15. The Bertz CT molecular complexity index is 458. The lowest BCUT2D eigenvalue weighted by atomic mass is 9.64. The summed E-state index contributed by atoms with van der Waals surface area (Å²) in [6, 6.07) is 0. The Morgan fingerprint density at radius 3 is 2.41 bits per heavy atom. The van der Waals surface area contributed by atoms with Crippen molar-refractivity contribution in [1.82, 2.24) is 0 Å². The van der Waals surface area contributed by atoms with Gasteiger partial charge in [-0.05, 0) is 11.5 Å². The van der Waals surface area contributed by atoms with Gasteiger partial charge in [0.05, 0.1) is 5.70 Å². The lowest BCUT2D eigenvalue weighted by molar-refractivity contribution is 0.188. The molecule has 0 amide bonds. The van der Waals surface area contributed by atoms with Crippen molar-refractivity contribution >= 4 is 12.2 Å². The molecule has 17 heavy (non-hydrogen) atoms. The quantitative estimate of drug-likeness (QED) is 0.542. The van der Waals surface area contributed by atoms with Gasteiger partial charge in [-0.1, -0.05) is 39.8 Å². The summed E-state index contributed by atoms with van der Waals surface area (Å²) in [7, 11) is 0. The summed E-state index contributed by atoms with van der Waals surface area (Å²) in [5.41, 5.74) is -0.423.